The molecule has 84 valence electrons. The van der Waals surface area contributed by atoms with Crippen molar-refractivity contribution in [3.63, 3.8) is 0 Å². The average Bonchev–Trinajstić information content (AvgIpc) is 3.02. The molecule has 1 heterocycles. The van der Waals surface area contributed by atoms with E-state index >= 15 is 0 Å². The molecule has 0 aromatic carbocycles. The van der Waals surface area contributed by atoms with E-state index in [2.05, 4.69) is 0 Å². The van der Waals surface area contributed by atoms with Gasteiger partial charge in [-0.25, -0.2) is 4.79 Å². The van der Waals surface area contributed by atoms with E-state index in [0.29, 0.717) is 30.3 Å². The normalized spacial score (nSPS) is 34.5. The highest BCUT2D eigenvalue weighted by molar-refractivity contribution is 5.87. The minimum Gasteiger partial charge on any atom is -0.462 e. The fourth-order valence-electron chi connectivity index (χ4n) is 2.06. The third-order valence-corrected chi connectivity index (χ3v) is 3.32. The Morgan fingerprint density at radius 1 is 1.47 bits per heavy atom. The van der Waals surface area contributed by atoms with Crippen LogP contribution < -0.4 is 0 Å². The van der Waals surface area contributed by atoms with Crippen LogP contribution in [0.1, 0.15) is 33.1 Å². The second-order valence-corrected chi connectivity index (χ2v) is 4.46. The van der Waals surface area contributed by atoms with Gasteiger partial charge in [0.25, 0.3) is 0 Å². The summed E-state index contributed by atoms with van der Waals surface area (Å²) in [5, 5.41) is 0. The van der Waals surface area contributed by atoms with Gasteiger partial charge in [0.15, 0.2) is 0 Å². The molecule has 0 amide bonds. The predicted molar refractivity (Wildman–Crippen MR) is 56.4 cm³/mol. The molecule has 2 aliphatic rings. The molecule has 0 spiro atoms. The molecule has 3 unspecified atom stereocenters. The predicted octanol–water partition coefficient (Wildman–Crippen LogP) is 2.06. The van der Waals surface area contributed by atoms with Crippen LogP contribution in [-0.4, -0.2) is 24.8 Å². The molecule has 0 aromatic rings. The number of fused-ring (bicyclic) bond motifs is 1. The Kier molecular flexibility index (Phi) is 3.10. The van der Waals surface area contributed by atoms with Gasteiger partial charge in [-0.1, -0.05) is 6.08 Å². The van der Waals surface area contributed by atoms with E-state index < -0.39 is 0 Å². The van der Waals surface area contributed by atoms with Crippen molar-refractivity contribution in [1.29, 1.82) is 0 Å². The fraction of sp³-hybridized carbons (Fsp3) is 0.750. The van der Waals surface area contributed by atoms with Crippen molar-refractivity contribution in [2.24, 2.45) is 5.92 Å². The average molecular weight is 210 g/mol. The summed E-state index contributed by atoms with van der Waals surface area (Å²) in [6.07, 6.45) is 6.09. The molecule has 0 N–H and O–H groups in total. The van der Waals surface area contributed by atoms with Gasteiger partial charge in [0.1, 0.15) is 0 Å². The first-order valence-corrected chi connectivity index (χ1v) is 5.66. The topological polar surface area (TPSA) is 38.8 Å². The van der Waals surface area contributed by atoms with E-state index in [4.69, 9.17) is 9.47 Å². The summed E-state index contributed by atoms with van der Waals surface area (Å²) in [4.78, 5) is 11.4. The summed E-state index contributed by atoms with van der Waals surface area (Å²) in [6, 6.07) is 0. The lowest BCUT2D eigenvalue weighted by atomic mass is 9.90. The minimum absolute atomic E-state index is 0.184. The largest absolute Gasteiger partial charge is 0.462 e. The lowest BCUT2D eigenvalue weighted by Gasteiger charge is -2.18. The second-order valence-electron chi connectivity index (χ2n) is 4.46. The first-order chi connectivity index (χ1) is 7.20. The molecule has 1 saturated carbocycles. The molecule has 2 rings (SSSR count). The summed E-state index contributed by atoms with van der Waals surface area (Å²) in [5.41, 5.74) is 0.686. The highest BCUT2D eigenvalue weighted by Gasteiger charge is 2.43. The molecule has 0 bridgehead atoms. The van der Waals surface area contributed by atoms with Crippen molar-refractivity contribution in [3.8, 4) is 0 Å². The number of allylic oxidation sites excluding steroid dienone is 1. The summed E-state index contributed by atoms with van der Waals surface area (Å²) in [7, 11) is 0. The van der Waals surface area contributed by atoms with Crippen LogP contribution in [0.15, 0.2) is 11.6 Å². The quantitative estimate of drug-likeness (QED) is 0.406. The van der Waals surface area contributed by atoms with Gasteiger partial charge in [0, 0.05) is 5.57 Å². The van der Waals surface area contributed by atoms with Gasteiger partial charge < -0.3 is 9.47 Å². The van der Waals surface area contributed by atoms with Gasteiger partial charge in [-0.05, 0) is 39.0 Å². The van der Waals surface area contributed by atoms with Crippen LogP contribution in [-0.2, 0) is 14.3 Å². The Bertz CT molecular complexity index is 283. The summed E-state index contributed by atoms with van der Waals surface area (Å²) < 4.78 is 10.7. The molecule has 3 nitrogen and oxygen atoms in total. The zero-order chi connectivity index (χ0) is 10.8. The van der Waals surface area contributed by atoms with Gasteiger partial charge in [0.2, 0.25) is 0 Å². The number of ether oxygens (including phenoxy) is 2. The highest BCUT2D eigenvalue weighted by Crippen LogP contribution is 2.39. The first-order valence-electron chi connectivity index (χ1n) is 5.66. The maximum absolute atomic E-state index is 11.4. The Morgan fingerprint density at radius 3 is 2.93 bits per heavy atom. The van der Waals surface area contributed by atoms with E-state index in [1.807, 2.05) is 6.92 Å². The first kappa shape index (κ1) is 10.7. The SMILES string of the molecule is C/C=C(\C)C(=O)OCC1CCC2OC2C1. The van der Waals surface area contributed by atoms with Crippen LogP contribution in [0.5, 0.6) is 0 Å². The number of hydrogen-bond donors (Lipinski definition) is 0. The van der Waals surface area contributed by atoms with Crippen molar-refractivity contribution in [1.82, 2.24) is 0 Å². The van der Waals surface area contributed by atoms with E-state index in [0.717, 1.165) is 19.3 Å². The lowest BCUT2D eigenvalue weighted by molar-refractivity contribution is -0.140. The van der Waals surface area contributed by atoms with Gasteiger partial charge in [-0.3, -0.25) is 0 Å². The zero-order valence-electron chi connectivity index (χ0n) is 9.36. The molecule has 1 aliphatic carbocycles. The third-order valence-electron chi connectivity index (χ3n) is 3.32. The van der Waals surface area contributed by atoms with Crippen molar-refractivity contribution in [2.45, 2.75) is 45.3 Å². The minimum atomic E-state index is -0.184. The fourth-order valence-corrected chi connectivity index (χ4v) is 2.06. The third kappa shape index (κ3) is 2.59. The zero-order valence-corrected chi connectivity index (χ0v) is 9.36. The van der Waals surface area contributed by atoms with Crippen molar-refractivity contribution in [2.75, 3.05) is 6.61 Å². The molecular formula is C12H18O3. The number of esters is 1. The van der Waals surface area contributed by atoms with Gasteiger partial charge >= 0.3 is 5.97 Å². The van der Waals surface area contributed by atoms with Gasteiger partial charge in [-0.15, -0.1) is 0 Å². The molecule has 1 saturated heterocycles. The van der Waals surface area contributed by atoms with Crippen LogP contribution in [0.4, 0.5) is 0 Å². The van der Waals surface area contributed by atoms with Gasteiger partial charge in [0.05, 0.1) is 18.8 Å². The van der Waals surface area contributed by atoms with Crippen LogP contribution in [0, 0.1) is 5.92 Å². The molecular weight excluding hydrogens is 192 g/mol. The maximum atomic E-state index is 11.4. The Morgan fingerprint density at radius 2 is 2.27 bits per heavy atom. The summed E-state index contributed by atoms with van der Waals surface area (Å²) in [5.74, 6) is 0.318. The Hall–Kier alpha value is -0.830. The standard InChI is InChI=1S/C12H18O3/c1-3-8(2)12(13)14-7-9-4-5-10-11(6-9)15-10/h3,9-11H,4-7H2,1-2H3/b8-3+. The smallest absolute Gasteiger partial charge is 0.333 e. The van der Waals surface area contributed by atoms with Crippen molar-refractivity contribution >= 4 is 5.97 Å². The molecule has 2 fully saturated rings. The van der Waals surface area contributed by atoms with Crippen molar-refractivity contribution in [3.05, 3.63) is 11.6 Å². The molecule has 3 atom stereocenters. The lowest BCUT2D eigenvalue weighted by Crippen LogP contribution is -2.20. The number of epoxide rings is 1. The van der Waals surface area contributed by atoms with Crippen LogP contribution in [0.2, 0.25) is 0 Å². The molecule has 3 heteroatoms. The molecule has 15 heavy (non-hydrogen) atoms. The number of rotatable bonds is 3. The van der Waals surface area contributed by atoms with E-state index in [9.17, 15) is 4.79 Å². The summed E-state index contributed by atoms with van der Waals surface area (Å²) in [6.45, 7) is 4.18. The van der Waals surface area contributed by atoms with E-state index in [-0.39, 0.29) is 5.97 Å². The molecule has 0 aromatic heterocycles. The van der Waals surface area contributed by atoms with Crippen LogP contribution in [0.3, 0.4) is 0 Å². The van der Waals surface area contributed by atoms with E-state index in [1.54, 1.807) is 13.0 Å². The number of hydrogen-bond acceptors (Lipinski definition) is 3. The van der Waals surface area contributed by atoms with Crippen LogP contribution >= 0.6 is 0 Å². The molecule has 0 radical (unpaired) electrons. The highest BCUT2D eigenvalue weighted by atomic mass is 16.6. The van der Waals surface area contributed by atoms with Gasteiger partial charge in [-0.2, -0.15) is 0 Å². The van der Waals surface area contributed by atoms with Crippen molar-refractivity contribution < 1.29 is 14.3 Å². The monoisotopic (exact) mass is 210 g/mol. The maximum Gasteiger partial charge on any atom is 0.333 e. The summed E-state index contributed by atoms with van der Waals surface area (Å²) >= 11 is 0. The Labute approximate surface area is 90.4 Å². The molecule has 1 aliphatic heterocycles. The van der Waals surface area contributed by atoms with Crippen LogP contribution in [0.25, 0.3) is 0 Å². The number of carbonyl (C=O) groups is 1. The Balaban J connectivity index is 1.71. The number of carbonyl (C=O) groups excluding carboxylic acids is 1. The second kappa shape index (κ2) is 4.35. The van der Waals surface area contributed by atoms with E-state index in [1.165, 1.54) is 0 Å².